The molecule has 5 nitrogen and oxygen atoms in total. The molecule has 1 fully saturated rings. The monoisotopic (exact) mass is 439 g/mol. The van der Waals surface area contributed by atoms with Crippen LogP contribution in [-0.2, 0) is 0 Å². The summed E-state index contributed by atoms with van der Waals surface area (Å²) in [6.07, 6.45) is 3.30. The Morgan fingerprint density at radius 1 is 1.07 bits per heavy atom. The zero-order chi connectivity index (χ0) is 19.5. The average molecular weight is 440 g/mol. The fourth-order valence-corrected chi connectivity index (χ4v) is 3.76. The molecule has 0 spiro atoms. The van der Waals surface area contributed by atoms with Gasteiger partial charge >= 0.3 is 0 Å². The molecule has 2 aromatic carbocycles. The van der Waals surface area contributed by atoms with Gasteiger partial charge in [0.25, 0.3) is 5.91 Å². The van der Waals surface area contributed by atoms with E-state index in [9.17, 15) is 4.79 Å². The first-order chi connectivity index (χ1) is 13.6. The standard InChI is InChI=1S/C22H22BrN3O2/c1-28-17-9-10-19-18(13-17)20(24-16-7-5-15(23)6-8-16)14-21(25-19)22(27)26-11-3-2-4-12-26/h5-10,13-14H,2-4,11-12H2,1H3,(H,24,25). The summed E-state index contributed by atoms with van der Waals surface area (Å²) in [5, 5.41) is 4.35. The molecule has 4 rings (SSSR count). The van der Waals surface area contributed by atoms with Crippen molar-refractivity contribution in [3.05, 3.63) is 58.7 Å². The van der Waals surface area contributed by atoms with E-state index in [2.05, 4.69) is 26.2 Å². The van der Waals surface area contributed by atoms with Crippen molar-refractivity contribution in [1.82, 2.24) is 9.88 Å². The van der Waals surface area contributed by atoms with Crippen LogP contribution in [0.4, 0.5) is 11.4 Å². The van der Waals surface area contributed by atoms with E-state index < -0.39 is 0 Å². The minimum Gasteiger partial charge on any atom is -0.497 e. The van der Waals surface area contributed by atoms with Crippen molar-refractivity contribution in [2.24, 2.45) is 0 Å². The predicted octanol–water partition coefficient (Wildman–Crippen LogP) is 5.38. The average Bonchev–Trinajstić information content (AvgIpc) is 2.75. The van der Waals surface area contributed by atoms with Crippen LogP contribution in [0, 0.1) is 0 Å². The Morgan fingerprint density at radius 3 is 2.54 bits per heavy atom. The molecule has 0 atom stereocenters. The quantitative estimate of drug-likeness (QED) is 0.592. The van der Waals surface area contributed by atoms with E-state index in [-0.39, 0.29) is 5.91 Å². The Labute approximate surface area is 172 Å². The van der Waals surface area contributed by atoms with Crippen LogP contribution in [0.3, 0.4) is 0 Å². The number of anilines is 2. The topological polar surface area (TPSA) is 54.5 Å². The Hall–Kier alpha value is -2.60. The molecule has 6 heteroatoms. The normalized spacial score (nSPS) is 14.1. The number of ether oxygens (including phenoxy) is 1. The van der Waals surface area contributed by atoms with E-state index in [4.69, 9.17) is 4.74 Å². The van der Waals surface area contributed by atoms with E-state index in [1.807, 2.05) is 53.4 Å². The van der Waals surface area contributed by atoms with Gasteiger partial charge in [-0.25, -0.2) is 4.98 Å². The molecule has 0 radical (unpaired) electrons. The summed E-state index contributed by atoms with van der Waals surface area (Å²) < 4.78 is 6.39. The molecule has 0 aliphatic carbocycles. The number of aromatic nitrogens is 1. The third kappa shape index (κ3) is 3.97. The molecular weight excluding hydrogens is 418 g/mol. The van der Waals surface area contributed by atoms with Crippen molar-refractivity contribution in [1.29, 1.82) is 0 Å². The second kappa shape index (κ2) is 8.19. The Morgan fingerprint density at radius 2 is 1.82 bits per heavy atom. The minimum absolute atomic E-state index is 0.00345. The van der Waals surface area contributed by atoms with E-state index >= 15 is 0 Å². The highest BCUT2D eigenvalue weighted by Crippen LogP contribution is 2.30. The first kappa shape index (κ1) is 18.7. The number of piperidine rings is 1. The van der Waals surface area contributed by atoms with Gasteiger partial charge in [-0.2, -0.15) is 0 Å². The van der Waals surface area contributed by atoms with E-state index in [0.717, 1.165) is 58.4 Å². The van der Waals surface area contributed by atoms with Crippen molar-refractivity contribution in [3.8, 4) is 5.75 Å². The van der Waals surface area contributed by atoms with Crippen molar-refractivity contribution in [3.63, 3.8) is 0 Å². The van der Waals surface area contributed by atoms with Gasteiger partial charge in [0.1, 0.15) is 11.4 Å². The fraction of sp³-hybridized carbons (Fsp3) is 0.273. The second-order valence-electron chi connectivity index (χ2n) is 6.92. The molecule has 1 N–H and O–H groups in total. The highest BCUT2D eigenvalue weighted by atomic mass is 79.9. The molecule has 1 aliphatic rings. The van der Waals surface area contributed by atoms with E-state index in [1.54, 1.807) is 7.11 Å². The van der Waals surface area contributed by atoms with Gasteiger partial charge in [-0.3, -0.25) is 4.79 Å². The number of amides is 1. The van der Waals surface area contributed by atoms with Gasteiger partial charge < -0.3 is 15.0 Å². The lowest BCUT2D eigenvalue weighted by Crippen LogP contribution is -2.36. The van der Waals surface area contributed by atoms with Crippen molar-refractivity contribution in [2.75, 3.05) is 25.5 Å². The first-order valence-electron chi connectivity index (χ1n) is 9.45. The second-order valence-corrected chi connectivity index (χ2v) is 7.84. The number of benzene rings is 2. The number of methoxy groups -OCH3 is 1. The lowest BCUT2D eigenvalue weighted by molar-refractivity contribution is 0.0719. The molecule has 0 unspecified atom stereocenters. The molecule has 144 valence electrons. The number of hydrogen-bond donors (Lipinski definition) is 1. The Bertz CT molecular complexity index is 999. The van der Waals surface area contributed by atoms with Crippen LogP contribution in [0.2, 0.25) is 0 Å². The fourth-order valence-electron chi connectivity index (χ4n) is 3.49. The maximum Gasteiger partial charge on any atom is 0.272 e. The zero-order valence-corrected chi connectivity index (χ0v) is 17.3. The number of nitrogens with zero attached hydrogens (tertiary/aromatic N) is 2. The smallest absolute Gasteiger partial charge is 0.272 e. The zero-order valence-electron chi connectivity index (χ0n) is 15.7. The summed E-state index contributed by atoms with van der Waals surface area (Å²) >= 11 is 3.46. The van der Waals surface area contributed by atoms with Gasteiger partial charge in [-0.15, -0.1) is 0 Å². The van der Waals surface area contributed by atoms with Crippen LogP contribution in [-0.4, -0.2) is 36.0 Å². The summed E-state index contributed by atoms with van der Waals surface area (Å²) in [6, 6.07) is 15.5. The van der Waals surface area contributed by atoms with Gasteiger partial charge in [-0.05, 0) is 67.8 Å². The number of pyridine rings is 1. The summed E-state index contributed by atoms with van der Waals surface area (Å²) in [7, 11) is 1.64. The highest BCUT2D eigenvalue weighted by Gasteiger charge is 2.21. The number of fused-ring (bicyclic) bond motifs is 1. The maximum absolute atomic E-state index is 13.0. The number of halogens is 1. The third-order valence-corrected chi connectivity index (χ3v) is 5.53. The van der Waals surface area contributed by atoms with E-state index in [0.29, 0.717) is 5.69 Å². The molecule has 1 aromatic heterocycles. The van der Waals surface area contributed by atoms with Crippen LogP contribution in [0.15, 0.2) is 53.0 Å². The van der Waals surface area contributed by atoms with Crippen molar-refractivity contribution < 1.29 is 9.53 Å². The molecule has 1 amide bonds. The number of likely N-dealkylation sites (tertiary alicyclic amines) is 1. The van der Waals surface area contributed by atoms with Gasteiger partial charge in [0.15, 0.2) is 0 Å². The predicted molar refractivity (Wildman–Crippen MR) is 115 cm³/mol. The highest BCUT2D eigenvalue weighted by molar-refractivity contribution is 9.10. The van der Waals surface area contributed by atoms with Crippen LogP contribution in [0.1, 0.15) is 29.8 Å². The molecule has 0 bridgehead atoms. The number of carbonyl (C=O) groups excluding carboxylic acids is 1. The summed E-state index contributed by atoms with van der Waals surface area (Å²) in [4.78, 5) is 19.6. The molecule has 1 aliphatic heterocycles. The van der Waals surface area contributed by atoms with Gasteiger partial charge in [-0.1, -0.05) is 15.9 Å². The maximum atomic E-state index is 13.0. The number of carbonyl (C=O) groups is 1. The summed E-state index contributed by atoms with van der Waals surface area (Å²) in [5.41, 5.74) is 3.02. The first-order valence-corrected chi connectivity index (χ1v) is 10.2. The van der Waals surface area contributed by atoms with Crippen LogP contribution < -0.4 is 10.1 Å². The lowest BCUT2D eigenvalue weighted by atomic mass is 10.1. The lowest BCUT2D eigenvalue weighted by Gasteiger charge is -2.26. The summed E-state index contributed by atoms with van der Waals surface area (Å²) in [5.74, 6) is 0.750. The Balaban J connectivity index is 1.76. The number of hydrogen-bond acceptors (Lipinski definition) is 4. The molecule has 2 heterocycles. The van der Waals surface area contributed by atoms with Gasteiger partial charge in [0.2, 0.25) is 0 Å². The third-order valence-electron chi connectivity index (χ3n) is 5.00. The Kier molecular flexibility index (Phi) is 5.48. The number of rotatable bonds is 4. The summed E-state index contributed by atoms with van der Waals surface area (Å²) in [6.45, 7) is 1.60. The number of nitrogens with one attached hydrogen (secondary N) is 1. The molecule has 3 aromatic rings. The molecule has 1 saturated heterocycles. The van der Waals surface area contributed by atoms with Crippen LogP contribution >= 0.6 is 15.9 Å². The van der Waals surface area contributed by atoms with E-state index in [1.165, 1.54) is 6.42 Å². The molecule has 28 heavy (non-hydrogen) atoms. The van der Waals surface area contributed by atoms with Gasteiger partial charge in [0, 0.05) is 28.6 Å². The SMILES string of the molecule is COc1ccc2nc(C(=O)N3CCCCC3)cc(Nc3ccc(Br)cc3)c2c1. The van der Waals surface area contributed by atoms with Crippen molar-refractivity contribution >= 4 is 44.1 Å². The largest absolute Gasteiger partial charge is 0.497 e. The molecule has 0 saturated carbocycles. The minimum atomic E-state index is -0.00345. The van der Waals surface area contributed by atoms with Crippen LogP contribution in [0.5, 0.6) is 5.75 Å². The van der Waals surface area contributed by atoms with Crippen LogP contribution in [0.25, 0.3) is 10.9 Å². The molecular formula is C22H22BrN3O2. The van der Waals surface area contributed by atoms with Crippen molar-refractivity contribution in [2.45, 2.75) is 19.3 Å². The van der Waals surface area contributed by atoms with Gasteiger partial charge in [0.05, 0.1) is 18.3 Å².